The monoisotopic (exact) mass is 140 g/mol. The van der Waals surface area contributed by atoms with Gasteiger partial charge < -0.3 is 0 Å². The van der Waals surface area contributed by atoms with Crippen molar-refractivity contribution in [2.75, 3.05) is 0 Å². The highest BCUT2D eigenvalue weighted by molar-refractivity contribution is 4.73. The molecule has 1 aromatic heterocycles. The van der Waals surface area contributed by atoms with Crippen LogP contribution in [0.1, 0.15) is 26.1 Å². The Balaban J connectivity index is 2.59. The Labute approximate surface area is 60.2 Å². The number of tetrazole rings is 1. The Kier molecular flexibility index (Phi) is 2.36. The molecule has 0 unspecified atom stereocenters. The number of rotatable bonds is 3. The van der Waals surface area contributed by atoms with E-state index < -0.39 is 0 Å². The van der Waals surface area contributed by atoms with E-state index in [1.54, 1.807) is 4.80 Å². The molecule has 0 aromatic carbocycles. The van der Waals surface area contributed by atoms with Crippen molar-refractivity contribution < 1.29 is 0 Å². The highest BCUT2D eigenvalue weighted by Crippen LogP contribution is 1.87. The lowest BCUT2D eigenvalue weighted by molar-refractivity contribution is 0.513. The Bertz CT molecular complexity index is 193. The Morgan fingerprint density at radius 3 is 2.70 bits per heavy atom. The summed E-state index contributed by atoms with van der Waals surface area (Å²) in [7, 11) is 0. The third-order valence-corrected chi connectivity index (χ3v) is 1.23. The first-order valence-electron chi connectivity index (χ1n) is 3.63. The van der Waals surface area contributed by atoms with Crippen LogP contribution < -0.4 is 0 Å². The minimum atomic E-state index is 0.827. The highest BCUT2D eigenvalue weighted by atomic mass is 15.6. The van der Waals surface area contributed by atoms with E-state index >= 15 is 0 Å². The van der Waals surface area contributed by atoms with Crippen molar-refractivity contribution in [3.05, 3.63) is 5.82 Å². The minimum absolute atomic E-state index is 0.827. The van der Waals surface area contributed by atoms with Crippen LogP contribution in [-0.4, -0.2) is 20.2 Å². The number of hydrogen-bond acceptors (Lipinski definition) is 3. The normalized spacial score (nSPS) is 10.2. The van der Waals surface area contributed by atoms with Gasteiger partial charge in [0.2, 0.25) is 0 Å². The molecule has 0 bridgehead atoms. The van der Waals surface area contributed by atoms with Crippen LogP contribution in [0.25, 0.3) is 0 Å². The quantitative estimate of drug-likeness (QED) is 0.619. The van der Waals surface area contributed by atoms with Crippen LogP contribution in [0.3, 0.4) is 0 Å². The van der Waals surface area contributed by atoms with Gasteiger partial charge in [0.1, 0.15) is 0 Å². The van der Waals surface area contributed by atoms with E-state index in [1.807, 2.05) is 6.92 Å². The lowest BCUT2D eigenvalue weighted by Gasteiger charge is -1.89. The summed E-state index contributed by atoms with van der Waals surface area (Å²) in [4.78, 5) is 1.64. The predicted molar refractivity (Wildman–Crippen MR) is 37.5 cm³/mol. The van der Waals surface area contributed by atoms with E-state index in [0.29, 0.717) is 0 Å². The molecule has 0 aliphatic carbocycles. The average Bonchev–Trinajstić information content (AvgIpc) is 2.37. The average molecular weight is 140 g/mol. The molecule has 0 fully saturated rings. The van der Waals surface area contributed by atoms with Gasteiger partial charge in [0.25, 0.3) is 0 Å². The maximum atomic E-state index is 4.11. The van der Waals surface area contributed by atoms with Gasteiger partial charge >= 0.3 is 0 Å². The zero-order valence-electron chi connectivity index (χ0n) is 6.41. The SMILES string of the molecule is CCCn1nnc(CC)n1. The van der Waals surface area contributed by atoms with Crippen LogP contribution in [0.2, 0.25) is 0 Å². The minimum Gasteiger partial charge on any atom is -0.164 e. The third-order valence-electron chi connectivity index (χ3n) is 1.23. The molecule has 4 nitrogen and oxygen atoms in total. The largest absolute Gasteiger partial charge is 0.174 e. The second-order valence-electron chi connectivity index (χ2n) is 2.16. The van der Waals surface area contributed by atoms with Crippen LogP contribution in [0.5, 0.6) is 0 Å². The van der Waals surface area contributed by atoms with Gasteiger partial charge in [-0.1, -0.05) is 13.8 Å². The zero-order valence-corrected chi connectivity index (χ0v) is 6.41. The summed E-state index contributed by atoms with van der Waals surface area (Å²) in [6.45, 7) is 4.98. The van der Waals surface area contributed by atoms with Crippen LogP contribution in [-0.2, 0) is 13.0 Å². The van der Waals surface area contributed by atoms with Gasteiger partial charge in [0.15, 0.2) is 5.82 Å². The van der Waals surface area contributed by atoms with Crippen LogP contribution >= 0.6 is 0 Å². The van der Waals surface area contributed by atoms with E-state index in [2.05, 4.69) is 22.3 Å². The van der Waals surface area contributed by atoms with Crippen molar-refractivity contribution >= 4 is 0 Å². The summed E-state index contributed by atoms with van der Waals surface area (Å²) < 4.78 is 0. The summed E-state index contributed by atoms with van der Waals surface area (Å²) in [6.07, 6.45) is 1.92. The van der Waals surface area contributed by atoms with Gasteiger partial charge in [-0.15, -0.1) is 10.2 Å². The smallest absolute Gasteiger partial charge is 0.164 e. The van der Waals surface area contributed by atoms with Crippen molar-refractivity contribution in [1.82, 2.24) is 20.2 Å². The zero-order chi connectivity index (χ0) is 7.40. The van der Waals surface area contributed by atoms with Crippen LogP contribution in [0, 0.1) is 0 Å². The molecule has 0 radical (unpaired) electrons. The van der Waals surface area contributed by atoms with Gasteiger partial charge in [-0.3, -0.25) is 0 Å². The highest BCUT2D eigenvalue weighted by Gasteiger charge is 1.96. The molecule has 10 heavy (non-hydrogen) atoms. The topological polar surface area (TPSA) is 43.6 Å². The Morgan fingerprint density at radius 1 is 1.40 bits per heavy atom. The van der Waals surface area contributed by atoms with Crippen LogP contribution in [0.4, 0.5) is 0 Å². The molecule has 0 aliphatic rings. The molecule has 0 atom stereocenters. The number of aromatic nitrogens is 4. The molecule has 0 saturated carbocycles. The molecule has 1 heterocycles. The van der Waals surface area contributed by atoms with Gasteiger partial charge in [0.05, 0.1) is 6.54 Å². The Morgan fingerprint density at radius 2 is 2.20 bits per heavy atom. The van der Waals surface area contributed by atoms with E-state index in [-0.39, 0.29) is 0 Å². The summed E-state index contributed by atoms with van der Waals surface area (Å²) in [5.41, 5.74) is 0. The molecular formula is C6H12N4. The molecule has 56 valence electrons. The standard InChI is InChI=1S/C6H12N4/c1-3-5-10-8-6(4-2)7-9-10/h3-5H2,1-2H3. The first kappa shape index (κ1) is 7.18. The molecule has 1 rings (SSSR count). The summed E-state index contributed by atoms with van der Waals surface area (Å²) >= 11 is 0. The Hall–Kier alpha value is -0.930. The molecular weight excluding hydrogens is 128 g/mol. The van der Waals surface area contributed by atoms with Crippen molar-refractivity contribution in [3.8, 4) is 0 Å². The fourth-order valence-corrected chi connectivity index (χ4v) is 0.713. The molecule has 0 aliphatic heterocycles. The predicted octanol–water partition coefficient (Wildman–Crippen LogP) is 0.645. The van der Waals surface area contributed by atoms with Crippen molar-refractivity contribution in [3.63, 3.8) is 0 Å². The summed E-state index contributed by atoms with van der Waals surface area (Å²) in [5, 5.41) is 11.8. The van der Waals surface area contributed by atoms with Crippen molar-refractivity contribution in [1.29, 1.82) is 0 Å². The van der Waals surface area contributed by atoms with Crippen molar-refractivity contribution in [2.45, 2.75) is 33.2 Å². The number of hydrogen-bond donors (Lipinski definition) is 0. The third kappa shape index (κ3) is 1.52. The number of nitrogens with zero attached hydrogens (tertiary/aromatic N) is 4. The second kappa shape index (κ2) is 3.29. The van der Waals surface area contributed by atoms with Gasteiger partial charge in [-0.25, -0.2) is 0 Å². The fourth-order valence-electron chi connectivity index (χ4n) is 0.713. The van der Waals surface area contributed by atoms with E-state index in [1.165, 1.54) is 0 Å². The summed E-state index contributed by atoms with van der Waals surface area (Å²) in [6, 6.07) is 0. The van der Waals surface area contributed by atoms with Crippen LogP contribution in [0.15, 0.2) is 0 Å². The van der Waals surface area contributed by atoms with Crippen molar-refractivity contribution in [2.24, 2.45) is 0 Å². The molecule has 0 N–H and O–H groups in total. The second-order valence-corrected chi connectivity index (χ2v) is 2.16. The number of aryl methyl sites for hydroxylation is 2. The molecule has 0 saturated heterocycles. The van der Waals surface area contributed by atoms with Gasteiger partial charge in [0, 0.05) is 6.42 Å². The first-order valence-corrected chi connectivity index (χ1v) is 3.63. The van der Waals surface area contributed by atoms with Gasteiger partial charge in [-0.2, -0.15) is 4.80 Å². The fraction of sp³-hybridized carbons (Fsp3) is 0.833. The lowest BCUT2D eigenvalue weighted by atomic mass is 10.5. The molecule has 1 aromatic rings. The molecule has 4 heteroatoms. The van der Waals surface area contributed by atoms with Gasteiger partial charge in [-0.05, 0) is 11.6 Å². The van der Waals surface area contributed by atoms with E-state index in [9.17, 15) is 0 Å². The maximum absolute atomic E-state index is 4.11. The van der Waals surface area contributed by atoms with E-state index in [4.69, 9.17) is 0 Å². The summed E-state index contributed by atoms with van der Waals surface area (Å²) in [5.74, 6) is 0.827. The maximum Gasteiger partial charge on any atom is 0.174 e. The molecule has 0 spiro atoms. The molecule has 0 amide bonds. The van der Waals surface area contributed by atoms with E-state index in [0.717, 1.165) is 25.2 Å². The first-order chi connectivity index (χ1) is 4.86. The lowest BCUT2D eigenvalue weighted by Crippen LogP contribution is -2.01.